The van der Waals surface area contributed by atoms with Gasteiger partial charge in [-0.1, -0.05) is 0 Å². The van der Waals surface area contributed by atoms with Crippen molar-refractivity contribution in [1.82, 2.24) is 0 Å². The highest BCUT2D eigenvalue weighted by atomic mass is 32.2. The van der Waals surface area contributed by atoms with Crippen LogP contribution in [0.2, 0.25) is 0 Å². The number of hydrogen-bond donors (Lipinski definition) is 2. The fourth-order valence-corrected chi connectivity index (χ4v) is 5.12. The van der Waals surface area contributed by atoms with E-state index < -0.39 is 9.84 Å². The quantitative estimate of drug-likeness (QED) is 0.857. The SMILES string of the molecule is Cc1cc(O)c(S(=O)(=O)c2c(C)c(C)c(C)c(C)c2O)c(C)c1C. The molecule has 2 rings (SSSR count). The minimum atomic E-state index is -4.06. The minimum absolute atomic E-state index is 0.121. The lowest BCUT2D eigenvalue weighted by Crippen LogP contribution is -2.11. The highest BCUT2D eigenvalue weighted by Gasteiger charge is 2.31. The molecule has 0 saturated carbocycles. The molecule has 0 aromatic heterocycles. The van der Waals surface area contributed by atoms with E-state index in [1.807, 2.05) is 27.7 Å². The molecule has 0 fully saturated rings. The van der Waals surface area contributed by atoms with Crippen molar-refractivity contribution >= 4 is 9.84 Å². The molecule has 0 heterocycles. The molecule has 2 N–H and O–H groups in total. The molecular formula is C19H24O4S. The van der Waals surface area contributed by atoms with Crippen LogP contribution in [0, 0.1) is 48.5 Å². The maximum Gasteiger partial charge on any atom is 0.214 e. The predicted octanol–water partition coefficient (Wildman–Crippen LogP) is 4.09. The standard InChI is InChI=1S/C19H24O4S/c1-9-8-16(20)18(14(6)10(9)2)24(22,23)19-15(7)12(4)11(3)13(5)17(19)21/h8,20-21H,1-7H3. The molecule has 5 heteroatoms. The Morgan fingerprint density at radius 1 is 0.667 bits per heavy atom. The van der Waals surface area contributed by atoms with Crippen molar-refractivity contribution in [2.45, 2.75) is 58.3 Å². The van der Waals surface area contributed by atoms with Crippen molar-refractivity contribution < 1.29 is 18.6 Å². The van der Waals surface area contributed by atoms with E-state index in [1.54, 1.807) is 20.8 Å². The topological polar surface area (TPSA) is 74.6 Å². The summed E-state index contributed by atoms with van der Waals surface area (Å²) in [6.07, 6.45) is 0. The van der Waals surface area contributed by atoms with Gasteiger partial charge in [-0.2, -0.15) is 0 Å². The van der Waals surface area contributed by atoms with Crippen LogP contribution in [0.15, 0.2) is 15.9 Å². The summed E-state index contributed by atoms with van der Waals surface area (Å²) in [5.74, 6) is -0.530. The molecule has 0 aliphatic rings. The number of phenols is 2. The van der Waals surface area contributed by atoms with Crippen molar-refractivity contribution in [3.8, 4) is 11.5 Å². The summed E-state index contributed by atoms with van der Waals surface area (Å²) in [6.45, 7) is 12.4. The lowest BCUT2D eigenvalue weighted by molar-refractivity contribution is 0.448. The van der Waals surface area contributed by atoms with Gasteiger partial charge in [-0.25, -0.2) is 8.42 Å². The third-order valence-corrected chi connectivity index (χ3v) is 7.31. The van der Waals surface area contributed by atoms with Gasteiger partial charge >= 0.3 is 0 Å². The zero-order valence-electron chi connectivity index (χ0n) is 15.2. The Kier molecular flexibility index (Phi) is 4.44. The minimum Gasteiger partial charge on any atom is -0.507 e. The molecule has 4 nitrogen and oxygen atoms in total. The van der Waals surface area contributed by atoms with Gasteiger partial charge in [0.25, 0.3) is 0 Å². The summed E-state index contributed by atoms with van der Waals surface area (Å²) in [7, 11) is -4.06. The van der Waals surface area contributed by atoms with Crippen LogP contribution in [0.3, 0.4) is 0 Å². The molecule has 0 radical (unpaired) electrons. The molecule has 0 saturated heterocycles. The van der Waals surface area contributed by atoms with E-state index in [-0.39, 0.29) is 21.3 Å². The molecule has 0 unspecified atom stereocenters. The first-order chi connectivity index (χ1) is 10.9. The molecule has 0 amide bonds. The Hall–Kier alpha value is -2.01. The van der Waals surface area contributed by atoms with E-state index in [4.69, 9.17) is 0 Å². The van der Waals surface area contributed by atoms with Crippen molar-refractivity contribution in [1.29, 1.82) is 0 Å². The van der Waals surface area contributed by atoms with E-state index >= 15 is 0 Å². The normalized spacial score (nSPS) is 11.8. The number of aromatic hydroxyl groups is 2. The molecular weight excluding hydrogens is 324 g/mol. The number of rotatable bonds is 2. The van der Waals surface area contributed by atoms with Crippen LogP contribution >= 0.6 is 0 Å². The van der Waals surface area contributed by atoms with Crippen molar-refractivity contribution in [2.24, 2.45) is 0 Å². The number of aryl methyl sites for hydroxylation is 1. The second-order valence-electron chi connectivity index (χ2n) is 6.47. The Morgan fingerprint density at radius 2 is 1.12 bits per heavy atom. The first kappa shape index (κ1) is 18.3. The zero-order valence-corrected chi connectivity index (χ0v) is 16.0. The van der Waals surface area contributed by atoms with Crippen LogP contribution in [0.1, 0.15) is 38.9 Å². The van der Waals surface area contributed by atoms with Crippen LogP contribution in [0.4, 0.5) is 0 Å². The van der Waals surface area contributed by atoms with Gasteiger partial charge in [-0.3, -0.25) is 0 Å². The van der Waals surface area contributed by atoms with Gasteiger partial charge < -0.3 is 10.2 Å². The predicted molar refractivity (Wildman–Crippen MR) is 94.8 cm³/mol. The molecule has 24 heavy (non-hydrogen) atoms. The number of sulfone groups is 1. The smallest absolute Gasteiger partial charge is 0.214 e. The Morgan fingerprint density at radius 3 is 1.67 bits per heavy atom. The zero-order chi connectivity index (χ0) is 18.6. The summed E-state index contributed by atoms with van der Waals surface area (Å²) in [5.41, 5.74) is 4.87. The second kappa shape index (κ2) is 5.81. The molecule has 0 aliphatic heterocycles. The highest BCUT2D eigenvalue weighted by Crippen LogP contribution is 2.42. The largest absolute Gasteiger partial charge is 0.507 e. The van der Waals surface area contributed by atoms with Crippen molar-refractivity contribution in [3.05, 3.63) is 45.0 Å². The second-order valence-corrected chi connectivity index (χ2v) is 8.30. The Bertz CT molecular complexity index is 925. The number of hydrogen-bond acceptors (Lipinski definition) is 4. The van der Waals surface area contributed by atoms with Crippen LogP contribution in [0.25, 0.3) is 0 Å². The van der Waals surface area contributed by atoms with E-state index in [2.05, 4.69) is 0 Å². The summed E-state index contributed by atoms with van der Waals surface area (Å²) in [4.78, 5) is -0.253. The van der Waals surface area contributed by atoms with Crippen molar-refractivity contribution in [2.75, 3.05) is 0 Å². The monoisotopic (exact) mass is 348 g/mol. The first-order valence-corrected chi connectivity index (χ1v) is 9.25. The third kappa shape index (κ3) is 2.47. The maximum atomic E-state index is 13.3. The van der Waals surface area contributed by atoms with E-state index in [0.29, 0.717) is 16.7 Å². The van der Waals surface area contributed by atoms with Gasteiger partial charge in [0.05, 0.1) is 0 Å². The van der Waals surface area contributed by atoms with E-state index in [0.717, 1.165) is 22.3 Å². The Labute approximate surface area is 143 Å². The fraction of sp³-hybridized carbons (Fsp3) is 0.368. The lowest BCUT2D eigenvalue weighted by atomic mass is 9.98. The summed E-state index contributed by atoms with van der Waals surface area (Å²) >= 11 is 0. The van der Waals surface area contributed by atoms with Crippen LogP contribution in [-0.2, 0) is 9.84 Å². The van der Waals surface area contributed by atoms with Gasteiger partial charge in [0, 0.05) is 0 Å². The summed E-state index contributed by atoms with van der Waals surface area (Å²) in [6, 6.07) is 1.45. The van der Waals surface area contributed by atoms with Crippen LogP contribution < -0.4 is 0 Å². The highest BCUT2D eigenvalue weighted by molar-refractivity contribution is 7.91. The molecule has 2 aromatic carbocycles. The molecule has 0 aliphatic carbocycles. The summed E-state index contributed by atoms with van der Waals surface area (Å²) < 4.78 is 26.6. The van der Waals surface area contributed by atoms with E-state index in [9.17, 15) is 18.6 Å². The number of phenolic OH excluding ortho intramolecular Hbond substituents is 2. The third-order valence-electron chi connectivity index (χ3n) is 5.22. The maximum absolute atomic E-state index is 13.3. The van der Waals surface area contributed by atoms with E-state index in [1.165, 1.54) is 6.07 Å². The van der Waals surface area contributed by atoms with Gasteiger partial charge in [0.15, 0.2) is 0 Å². The van der Waals surface area contributed by atoms with Crippen LogP contribution in [0.5, 0.6) is 11.5 Å². The fourth-order valence-electron chi connectivity index (χ4n) is 3.07. The number of benzene rings is 2. The molecule has 0 spiro atoms. The molecule has 2 aromatic rings. The average Bonchev–Trinajstić information content (AvgIpc) is 2.48. The van der Waals surface area contributed by atoms with Gasteiger partial charge in [0.2, 0.25) is 9.84 Å². The first-order valence-electron chi connectivity index (χ1n) is 7.77. The average molecular weight is 348 g/mol. The van der Waals surface area contributed by atoms with Crippen molar-refractivity contribution in [3.63, 3.8) is 0 Å². The lowest BCUT2D eigenvalue weighted by Gasteiger charge is -2.20. The Balaban J connectivity index is 2.97. The molecule has 0 atom stereocenters. The van der Waals surface area contributed by atoms with Gasteiger partial charge in [0.1, 0.15) is 21.3 Å². The summed E-state index contributed by atoms with van der Waals surface area (Å²) in [5, 5.41) is 20.8. The molecule has 0 bridgehead atoms. The van der Waals surface area contributed by atoms with Gasteiger partial charge in [-0.05, 0) is 93.5 Å². The van der Waals surface area contributed by atoms with Gasteiger partial charge in [-0.15, -0.1) is 0 Å². The van der Waals surface area contributed by atoms with Crippen LogP contribution in [-0.4, -0.2) is 18.6 Å². The molecule has 130 valence electrons.